The summed E-state index contributed by atoms with van der Waals surface area (Å²) in [5, 5.41) is 14.3. The fourth-order valence-corrected chi connectivity index (χ4v) is 2.75. The van der Waals surface area contributed by atoms with Gasteiger partial charge in [-0.1, -0.05) is 11.6 Å². The third kappa shape index (κ3) is 3.60. The van der Waals surface area contributed by atoms with Gasteiger partial charge in [0, 0.05) is 44.3 Å². The van der Waals surface area contributed by atoms with Crippen molar-refractivity contribution in [1.29, 1.82) is 0 Å². The van der Waals surface area contributed by atoms with Crippen molar-refractivity contribution in [2.45, 2.75) is 6.54 Å². The lowest BCUT2D eigenvalue weighted by Crippen LogP contribution is -2.25. The van der Waals surface area contributed by atoms with Crippen molar-refractivity contribution < 1.29 is 9.72 Å². The Labute approximate surface area is 154 Å². The molecule has 0 aliphatic carbocycles. The molecule has 0 aliphatic rings. The monoisotopic (exact) mass is 373 g/mol. The van der Waals surface area contributed by atoms with Gasteiger partial charge in [0.25, 0.3) is 11.6 Å². The van der Waals surface area contributed by atoms with E-state index in [-0.39, 0.29) is 17.8 Å². The Morgan fingerprint density at radius 3 is 2.77 bits per heavy atom. The molecule has 0 spiro atoms. The lowest BCUT2D eigenvalue weighted by molar-refractivity contribution is -0.384. The number of nitrogens with one attached hydrogen (secondary N) is 1. The summed E-state index contributed by atoms with van der Waals surface area (Å²) in [5.41, 5.74) is 2.05. The van der Waals surface area contributed by atoms with E-state index >= 15 is 0 Å². The van der Waals surface area contributed by atoms with Gasteiger partial charge in [0.1, 0.15) is 5.65 Å². The molecule has 8 nitrogen and oxygen atoms in total. The second kappa shape index (κ2) is 7.01. The molecule has 1 N–H and O–H groups in total. The van der Waals surface area contributed by atoms with Crippen molar-refractivity contribution in [3.8, 4) is 0 Å². The number of fused-ring (bicyclic) bond motifs is 1. The predicted molar refractivity (Wildman–Crippen MR) is 98.8 cm³/mol. The molecular weight excluding hydrogens is 358 g/mol. The number of anilines is 1. The van der Waals surface area contributed by atoms with Gasteiger partial charge in [-0.05, 0) is 18.2 Å². The molecule has 0 radical (unpaired) electrons. The van der Waals surface area contributed by atoms with Crippen molar-refractivity contribution in [2.75, 3.05) is 19.0 Å². The molecule has 0 saturated carbocycles. The van der Waals surface area contributed by atoms with Crippen LogP contribution in [0.25, 0.3) is 5.65 Å². The molecule has 0 bridgehead atoms. The number of nitro groups is 1. The summed E-state index contributed by atoms with van der Waals surface area (Å²) in [5.74, 6) is -0.410. The van der Waals surface area contributed by atoms with Crippen molar-refractivity contribution >= 4 is 34.5 Å². The summed E-state index contributed by atoms with van der Waals surface area (Å²) in [6.45, 7) is 0.188. The first-order chi connectivity index (χ1) is 12.3. The Morgan fingerprint density at radius 1 is 1.31 bits per heavy atom. The molecule has 2 aromatic heterocycles. The number of hydrogen-bond donors (Lipinski definition) is 1. The van der Waals surface area contributed by atoms with Crippen molar-refractivity contribution in [2.24, 2.45) is 0 Å². The largest absolute Gasteiger partial charge is 0.377 e. The standard InChI is InChI=1S/C17H16ClN5O3/c1-21(2)15-5-4-13(23(25)26)7-14(15)17(24)19-8-12-10-22-9-11(18)3-6-16(22)20-12/h3-7,9-10H,8H2,1-2H3,(H,19,24). The maximum Gasteiger partial charge on any atom is 0.270 e. The molecule has 3 aromatic rings. The van der Waals surface area contributed by atoms with E-state index in [4.69, 9.17) is 11.6 Å². The molecule has 9 heteroatoms. The molecule has 134 valence electrons. The topological polar surface area (TPSA) is 92.8 Å². The SMILES string of the molecule is CN(C)c1ccc([N+](=O)[O-])cc1C(=O)NCc1cn2cc(Cl)ccc2n1. The second-order valence-electron chi connectivity index (χ2n) is 5.88. The van der Waals surface area contributed by atoms with Crippen molar-refractivity contribution in [1.82, 2.24) is 14.7 Å². The highest BCUT2D eigenvalue weighted by molar-refractivity contribution is 6.30. The fourth-order valence-electron chi connectivity index (χ4n) is 2.58. The number of benzene rings is 1. The Morgan fingerprint density at radius 2 is 2.08 bits per heavy atom. The van der Waals surface area contributed by atoms with Gasteiger partial charge >= 0.3 is 0 Å². The molecule has 0 saturated heterocycles. The number of rotatable bonds is 5. The van der Waals surface area contributed by atoms with Gasteiger partial charge in [-0.2, -0.15) is 0 Å². The fraction of sp³-hybridized carbons (Fsp3) is 0.176. The minimum Gasteiger partial charge on any atom is -0.377 e. The zero-order valence-corrected chi connectivity index (χ0v) is 14.9. The van der Waals surface area contributed by atoms with E-state index in [1.54, 1.807) is 54.0 Å². The normalized spacial score (nSPS) is 10.7. The lowest BCUT2D eigenvalue weighted by Gasteiger charge is -2.16. The first kappa shape index (κ1) is 17.7. The van der Waals surface area contributed by atoms with Gasteiger partial charge in [-0.25, -0.2) is 4.98 Å². The molecule has 0 aliphatic heterocycles. The Kier molecular flexibility index (Phi) is 4.77. The lowest BCUT2D eigenvalue weighted by atomic mass is 10.1. The number of carbonyl (C=O) groups excluding carboxylic acids is 1. The van der Waals surface area contributed by atoms with Crippen LogP contribution < -0.4 is 10.2 Å². The number of carbonyl (C=O) groups is 1. The number of amides is 1. The summed E-state index contributed by atoms with van der Waals surface area (Å²) in [4.78, 5) is 29.2. The molecule has 0 atom stereocenters. The molecule has 0 unspecified atom stereocenters. The maximum absolute atomic E-state index is 12.6. The third-order valence-electron chi connectivity index (χ3n) is 3.81. The molecule has 2 heterocycles. The smallest absolute Gasteiger partial charge is 0.270 e. The first-order valence-electron chi connectivity index (χ1n) is 7.72. The van der Waals surface area contributed by atoms with Gasteiger partial charge in [-0.15, -0.1) is 0 Å². The van der Waals surface area contributed by atoms with Gasteiger partial charge in [0.2, 0.25) is 0 Å². The average molecular weight is 374 g/mol. The van der Waals surface area contributed by atoms with Crippen LogP contribution in [0.3, 0.4) is 0 Å². The predicted octanol–water partition coefficient (Wildman–Crippen LogP) is 2.89. The number of hydrogen-bond acceptors (Lipinski definition) is 5. The van der Waals surface area contributed by atoms with Crippen molar-refractivity contribution in [3.63, 3.8) is 0 Å². The van der Waals surface area contributed by atoms with Crippen molar-refractivity contribution in [3.05, 3.63) is 69.1 Å². The molecule has 26 heavy (non-hydrogen) atoms. The van der Waals surface area contributed by atoms with E-state index in [1.165, 1.54) is 12.1 Å². The Bertz CT molecular complexity index is 999. The van der Waals surface area contributed by atoms with Crippen LogP contribution in [0.5, 0.6) is 0 Å². The minimum absolute atomic E-state index is 0.136. The Hall–Kier alpha value is -3.13. The summed E-state index contributed by atoms with van der Waals surface area (Å²) in [6, 6.07) is 7.71. The van der Waals surface area contributed by atoms with Crippen LogP contribution in [0.1, 0.15) is 16.1 Å². The van der Waals surface area contributed by atoms with Crippen LogP contribution in [0, 0.1) is 10.1 Å². The highest BCUT2D eigenvalue weighted by Gasteiger charge is 2.18. The van der Waals surface area contributed by atoms with Gasteiger partial charge in [0.05, 0.1) is 27.7 Å². The average Bonchev–Trinajstić information content (AvgIpc) is 3.00. The number of nitrogens with zero attached hydrogens (tertiary/aromatic N) is 4. The number of pyridine rings is 1. The number of aromatic nitrogens is 2. The third-order valence-corrected chi connectivity index (χ3v) is 4.04. The quantitative estimate of drug-likeness (QED) is 0.548. The summed E-state index contributed by atoms with van der Waals surface area (Å²) < 4.78 is 1.77. The molecule has 1 amide bonds. The Balaban J connectivity index is 1.82. The van der Waals surface area contributed by atoms with E-state index < -0.39 is 10.8 Å². The highest BCUT2D eigenvalue weighted by atomic mass is 35.5. The van der Waals surface area contributed by atoms with Crippen LogP contribution in [0.15, 0.2) is 42.7 Å². The van der Waals surface area contributed by atoms with Gasteiger partial charge in [-0.3, -0.25) is 14.9 Å². The molecule has 1 aromatic carbocycles. The number of halogens is 1. The van der Waals surface area contributed by atoms with Crippen LogP contribution in [-0.4, -0.2) is 34.3 Å². The second-order valence-corrected chi connectivity index (χ2v) is 6.32. The molecular formula is C17H16ClN5O3. The zero-order valence-electron chi connectivity index (χ0n) is 14.1. The van der Waals surface area contributed by atoms with E-state index in [0.29, 0.717) is 22.1 Å². The maximum atomic E-state index is 12.6. The summed E-state index contributed by atoms with van der Waals surface area (Å²) in [7, 11) is 3.54. The van der Waals surface area contributed by atoms with E-state index in [9.17, 15) is 14.9 Å². The number of imidazole rings is 1. The van der Waals surface area contributed by atoms with Crippen LogP contribution >= 0.6 is 11.6 Å². The van der Waals surface area contributed by atoms with Crippen LogP contribution in [-0.2, 0) is 6.54 Å². The van der Waals surface area contributed by atoms with Crippen LogP contribution in [0.2, 0.25) is 5.02 Å². The van der Waals surface area contributed by atoms with Gasteiger partial charge < -0.3 is 14.6 Å². The van der Waals surface area contributed by atoms with E-state index in [1.807, 2.05) is 0 Å². The number of non-ortho nitro benzene ring substituents is 1. The van der Waals surface area contributed by atoms with Crippen LogP contribution in [0.4, 0.5) is 11.4 Å². The summed E-state index contributed by atoms with van der Waals surface area (Å²) >= 11 is 5.94. The summed E-state index contributed by atoms with van der Waals surface area (Å²) in [6.07, 6.45) is 3.49. The highest BCUT2D eigenvalue weighted by Crippen LogP contribution is 2.24. The molecule has 3 rings (SSSR count). The molecule has 0 fully saturated rings. The first-order valence-corrected chi connectivity index (χ1v) is 8.10. The minimum atomic E-state index is -0.526. The zero-order chi connectivity index (χ0) is 18.8. The van der Waals surface area contributed by atoms with Gasteiger partial charge in [0.15, 0.2) is 0 Å². The number of nitro benzene ring substituents is 1. The van der Waals surface area contributed by atoms with E-state index in [2.05, 4.69) is 10.3 Å². The van der Waals surface area contributed by atoms with E-state index in [0.717, 1.165) is 0 Å².